The van der Waals surface area contributed by atoms with Crippen LogP contribution in [0.3, 0.4) is 0 Å². The third kappa shape index (κ3) is 3.34. The molecule has 0 amide bonds. The van der Waals surface area contributed by atoms with E-state index in [1.165, 1.54) is 4.68 Å². The number of hydrogen-bond acceptors (Lipinski definition) is 5. The summed E-state index contributed by atoms with van der Waals surface area (Å²) in [4.78, 5) is 0. The SMILES string of the molecule is CC(C)n1nnnc1SC[C@@H](O)C(F)(F)F. The third-order valence-corrected chi connectivity index (χ3v) is 2.71. The molecule has 9 heteroatoms. The molecule has 1 atom stereocenters. The summed E-state index contributed by atoms with van der Waals surface area (Å²) in [6.45, 7) is 3.61. The molecule has 1 aromatic rings. The summed E-state index contributed by atoms with van der Waals surface area (Å²) >= 11 is 0.774. The van der Waals surface area contributed by atoms with Crippen molar-refractivity contribution in [2.45, 2.75) is 37.3 Å². The molecule has 0 saturated heterocycles. The topological polar surface area (TPSA) is 63.8 Å². The van der Waals surface area contributed by atoms with Gasteiger partial charge in [-0.1, -0.05) is 11.8 Å². The van der Waals surface area contributed by atoms with Gasteiger partial charge in [-0.25, -0.2) is 4.68 Å². The van der Waals surface area contributed by atoms with Crippen molar-refractivity contribution in [2.75, 3.05) is 5.75 Å². The van der Waals surface area contributed by atoms with Crippen LogP contribution in [0, 0.1) is 0 Å². The van der Waals surface area contributed by atoms with Gasteiger partial charge in [-0.3, -0.25) is 0 Å². The number of alkyl halides is 3. The highest BCUT2D eigenvalue weighted by atomic mass is 32.2. The van der Waals surface area contributed by atoms with Crippen molar-refractivity contribution in [3.63, 3.8) is 0 Å². The summed E-state index contributed by atoms with van der Waals surface area (Å²) in [6.07, 6.45) is -6.97. The van der Waals surface area contributed by atoms with E-state index < -0.39 is 18.0 Å². The molecule has 0 bridgehead atoms. The van der Waals surface area contributed by atoms with Crippen LogP contribution in [0.2, 0.25) is 0 Å². The van der Waals surface area contributed by atoms with E-state index in [2.05, 4.69) is 15.5 Å². The Bertz CT molecular complexity index is 341. The maximum atomic E-state index is 12.0. The number of rotatable bonds is 4. The Balaban J connectivity index is 2.58. The average Bonchev–Trinajstić information content (AvgIpc) is 2.60. The van der Waals surface area contributed by atoms with Crippen molar-refractivity contribution in [3.8, 4) is 0 Å². The molecule has 5 nitrogen and oxygen atoms in total. The first-order valence-electron chi connectivity index (χ1n) is 4.47. The second-order valence-corrected chi connectivity index (χ2v) is 4.36. The minimum absolute atomic E-state index is 0.0412. The Kier molecular flexibility index (Phi) is 4.14. The van der Waals surface area contributed by atoms with E-state index in [0.29, 0.717) is 0 Å². The maximum Gasteiger partial charge on any atom is 0.415 e. The smallest absolute Gasteiger partial charge is 0.383 e. The van der Waals surface area contributed by atoms with Gasteiger partial charge in [-0.2, -0.15) is 13.2 Å². The van der Waals surface area contributed by atoms with E-state index in [1.807, 2.05) is 0 Å². The lowest BCUT2D eigenvalue weighted by molar-refractivity contribution is -0.195. The van der Waals surface area contributed by atoms with Crippen LogP contribution in [0.5, 0.6) is 0 Å². The Morgan fingerprint density at radius 2 is 2.06 bits per heavy atom. The van der Waals surface area contributed by atoms with Gasteiger partial charge in [-0.05, 0) is 24.3 Å². The van der Waals surface area contributed by atoms with Crippen LogP contribution in [0.1, 0.15) is 19.9 Å². The fourth-order valence-corrected chi connectivity index (χ4v) is 1.82. The molecule has 0 radical (unpaired) electrons. The second-order valence-electron chi connectivity index (χ2n) is 3.37. The first-order valence-corrected chi connectivity index (χ1v) is 5.46. The lowest BCUT2D eigenvalue weighted by atomic mass is 10.4. The number of hydrogen-bond donors (Lipinski definition) is 1. The van der Waals surface area contributed by atoms with Crippen molar-refractivity contribution < 1.29 is 18.3 Å². The predicted octanol–water partition coefficient (Wildman–Crippen LogP) is 1.27. The zero-order chi connectivity index (χ0) is 12.3. The van der Waals surface area contributed by atoms with Crippen LogP contribution in [-0.4, -0.2) is 43.3 Å². The van der Waals surface area contributed by atoms with Gasteiger partial charge in [0.05, 0.1) is 6.04 Å². The predicted molar refractivity (Wildman–Crippen MR) is 51.0 cm³/mol. The van der Waals surface area contributed by atoms with Crippen LogP contribution in [0.25, 0.3) is 0 Å². The highest BCUT2D eigenvalue weighted by Gasteiger charge is 2.38. The van der Waals surface area contributed by atoms with Gasteiger partial charge < -0.3 is 5.11 Å². The summed E-state index contributed by atoms with van der Waals surface area (Å²) in [7, 11) is 0. The number of thioether (sulfide) groups is 1. The third-order valence-electron chi connectivity index (χ3n) is 1.70. The first-order chi connectivity index (χ1) is 7.32. The minimum atomic E-state index is -4.61. The largest absolute Gasteiger partial charge is 0.415 e. The summed E-state index contributed by atoms with van der Waals surface area (Å²) in [5, 5.41) is 19.6. The van der Waals surface area contributed by atoms with Crippen LogP contribution in [0.15, 0.2) is 5.16 Å². The van der Waals surface area contributed by atoms with Crippen LogP contribution in [0.4, 0.5) is 13.2 Å². The minimum Gasteiger partial charge on any atom is -0.383 e. The molecule has 16 heavy (non-hydrogen) atoms. The highest BCUT2D eigenvalue weighted by Crippen LogP contribution is 2.26. The van der Waals surface area contributed by atoms with E-state index >= 15 is 0 Å². The summed E-state index contributed by atoms with van der Waals surface area (Å²) in [5.41, 5.74) is 0. The lowest BCUT2D eigenvalue weighted by Crippen LogP contribution is -2.30. The Labute approximate surface area is 94.0 Å². The van der Waals surface area contributed by atoms with Crippen molar-refractivity contribution >= 4 is 11.8 Å². The summed E-state index contributed by atoms with van der Waals surface area (Å²) in [5.74, 6) is -0.517. The molecule has 0 unspecified atom stereocenters. The van der Waals surface area contributed by atoms with Gasteiger partial charge in [0.25, 0.3) is 0 Å². The lowest BCUT2D eigenvalue weighted by Gasteiger charge is -2.13. The molecule has 1 rings (SSSR count). The quantitative estimate of drug-likeness (QED) is 0.822. The molecule has 92 valence electrons. The molecule has 1 heterocycles. The molecule has 1 aromatic heterocycles. The number of tetrazole rings is 1. The molecule has 1 N–H and O–H groups in total. The van der Waals surface area contributed by atoms with Crippen LogP contribution >= 0.6 is 11.8 Å². The fourth-order valence-electron chi connectivity index (χ4n) is 0.853. The van der Waals surface area contributed by atoms with Gasteiger partial charge in [0.1, 0.15) is 0 Å². The zero-order valence-corrected chi connectivity index (χ0v) is 9.46. The molecular formula is C7H11F3N4OS. The van der Waals surface area contributed by atoms with Crippen molar-refractivity contribution in [1.29, 1.82) is 0 Å². The molecule has 0 aromatic carbocycles. The first kappa shape index (κ1) is 13.2. The normalized spacial score (nSPS) is 14.4. The highest BCUT2D eigenvalue weighted by molar-refractivity contribution is 7.99. The van der Waals surface area contributed by atoms with E-state index in [9.17, 15) is 13.2 Å². The van der Waals surface area contributed by atoms with E-state index in [0.717, 1.165) is 11.8 Å². The average molecular weight is 256 g/mol. The fraction of sp³-hybridized carbons (Fsp3) is 0.857. The van der Waals surface area contributed by atoms with E-state index in [4.69, 9.17) is 5.11 Å². The van der Waals surface area contributed by atoms with E-state index in [-0.39, 0.29) is 11.2 Å². The number of nitrogens with zero attached hydrogens (tertiary/aromatic N) is 4. The Hall–Kier alpha value is -0.830. The number of aliphatic hydroxyl groups is 1. The van der Waals surface area contributed by atoms with Crippen LogP contribution < -0.4 is 0 Å². The second kappa shape index (κ2) is 5.00. The maximum absolute atomic E-state index is 12.0. The molecule has 0 spiro atoms. The number of aromatic nitrogens is 4. The molecule has 0 aliphatic heterocycles. The van der Waals surface area contributed by atoms with Gasteiger partial charge in [-0.15, -0.1) is 5.10 Å². The van der Waals surface area contributed by atoms with Gasteiger partial charge in [0, 0.05) is 5.75 Å². The molecule has 0 aliphatic carbocycles. The van der Waals surface area contributed by atoms with E-state index in [1.54, 1.807) is 13.8 Å². The summed E-state index contributed by atoms with van der Waals surface area (Å²) < 4.78 is 37.4. The van der Waals surface area contributed by atoms with Crippen molar-refractivity contribution in [1.82, 2.24) is 20.2 Å². The van der Waals surface area contributed by atoms with Gasteiger partial charge in [0.15, 0.2) is 6.10 Å². The molecule has 0 aliphatic rings. The van der Waals surface area contributed by atoms with Gasteiger partial charge >= 0.3 is 6.18 Å². The molecule has 0 saturated carbocycles. The van der Waals surface area contributed by atoms with Crippen molar-refractivity contribution in [3.05, 3.63) is 0 Å². The molecular weight excluding hydrogens is 245 g/mol. The summed E-state index contributed by atoms with van der Waals surface area (Å²) in [6, 6.07) is -0.0412. The van der Waals surface area contributed by atoms with Crippen molar-refractivity contribution in [2.24, 2.45) is 0 Å². The molecule has 0 fully saturated rings. The zero-order valence-electron chi connectivity index (χ0n) is 8.64. The Morgan fingerprint density at radius 3 is 2.56 bits per heavy atom. The van der Waals surface area contributed by atoms with Crippen LogP contribution in [-0.2, 0) is 0 Å². The number of aliphatic hydroxyl groups excluding tert-OH is 1. The van der Waals surface area contributed by atoms with Gasteiger partial charge in [0.2, 0.25) is 5.16 Å². The Morgan fingerprint density at radius 1 is 1.44 bits per heavy atom. The monoisotopic (exact) mass is 256 g/mol. The number of halogens is 3. The standard InChI is InChI=1S/C7H11F3N4OS/c1-4(2)14-6(11-12-13-14)16-3-5(15)7(8,9)10/h4-5,15H,3H2,1-2H3/t5-/m1/s1.